The summed E-state index contributed by atoms with van der Waals surface area (Å²) in [6, 6.07) is 12.2. The van der Waals surface area contributed by atoms with Crippen LogP contribution in [0.3, 0.4) is 0 Å². The van der Waals surface area contributed by atoms with Gasteiger partial charge in [0, 0.05) is 60.7 Å². The predicted octanol–water partition coefficient (Wildman–Crippen LogP) is 5.06. The number of aliphatic imine (C=N–C) groups is 1. The van der Waals surface area contributed by atoms with Crippen LogP contribution in [0.1, 0.15) is 5.56 Å². The number of nitrogens with one attached hydrogen (secondary N) is 1. The summed E-state index contributed by atoms with van der Waals surface area (Å²) in [6.45, 7) is 0.768. The average molecular weight is 519 g/mol. The standard InChI is InChI=1S/C28H28F2N6O2/c1-32-16-21(15-31)18-6-7-36-26(17-33-27(36)13-18)20-10-19(24-5-4-22(29)14-25(24)30)11-23(12-20)34-28(37)38-9-8-35(2)3/h4-7,10-17H,8-9,31H2,1-3H3,(H,34,37). The molecule has 10 heteroatoms. The van der Waals surface area contributed by atoms with Crippen LogP contribution in [0.4, 0.5) is 19.3 Å². The van der Waals surface area contributed by atoms with Crippen LogP contribution in [0, 0.1) is 11.6 Å². The lowest BCUT2D eigenvalue weighted by atomic mass is 10.00. The number of likely N-dealkylation sites (N-methyl/N-ethyl adjacent to an activating group) is 1. The van der Waals surface area contributed by atoms with Gasteiger partial charge < -0.3 is 15.4 Å². The molecule has 4 aromatic rings. The molecule has 38 heavy (non-hydrogen) atoms. The number of hydrogen-bond acceptors (Lipinski definition) is 6. The average Bonchev–Trinajstić information content (AvgIpc) is 3.30. The van der Waals surface area contributed by atoms with Crippen LogP contribution in [-0.2, 0) is 4.74 Å². The lowest BCUT2D eigenvalue weighted by Crippen LogP contribution is -2.22. The molecule has 8 nitrogen and oxygen atoms in total. The monoisotopic (exact) mass is 518 g/mol. The smallest absolute Gasteiger partial charge is 0.411 e. The van der Waals surface area contributed by atoms with Gasteiger partial charge in [-0.25, -0.2) is 18.6 Å². The van der Waals surface area contributed by atoms with Crippen molar-refractivity contribution >= 4 is 29.2 Å². The van der Waals surface area contributed by atoms with Crippen molar-refractivity contribution in [3.8, 4) is 22.4 Å². The van der Waals surface area contributed by atoms with Gasteiger partial charge in [-0.05, 0) is 67.7 Å². The molecule has 2 heterocycles. The minimum absolute atomic E-state index is 0.185. The van der Waals surface area contributed by atoms with Crippen LogP contribution < -0.4 is 11.1 Å². The number of ether oxygens (including phenoxy) is 1. The molecule has 0 aliphatic rings. The summed E-state index contributed by atoms with van der Waals surface area (Å²) < 4.78 is 35.4. The number of benzene rings is 2. The molecule has 0 atom stereocenters. The first kappa shape index (κ1) is 26.5. The van der Waals surface area contributed by atoms with Crippen molar-refractivity contribution in [2.75, 3.05) is 39.6 Å². The van der Waals surface area contributed by atoms with Gasteiger partial charge in [0.15, 0.2) is 0 Å². The molecule has 0 bridgehead atoms. The molecule has 0 saturated heterocycles. The molecule has 196 valence electrons. The third-order valence-electron chi connectivity index (χ3n) is 5.78. The van der Waals surface area contributed by atoms with E-state index in [0.717, 1.165) is 17.2 Å². The summed E-state index contributed by atoms with van der Waals surface area (Å²) in [7, 11) is 5.41. The number of hydrogen-bond donors (Lipinski definition) is 2. The van der Waals surface area contributed by atoms with Gasteiger partial charge in [0.2, 0.25) is 0 Å². The van der Waals surface area contributed by atoms with E-state index in [-0.39, 0.29) is 12.2 Å². The maximum atomic E-state index is 14.7. The zero-order chi connectivity index (χ0) is 27.2. The summed E-state index contributed by atoms with van der Waals surface area (Å²) in [5.41, 5.74) is 10.3. The van der Waals surface area contributed by atoms with Crippen molar-refractivity contribution in [3.05, 3.63) is 84.3 Å². The highest BCUT2D eigenvalue weighted by Gasteiger charge is 2.15. The Bertz CT molecular complexity index is 1530. The number of amides is 1. The number of aromatic nitrogens is 2. The Morgan fingerprint density at radius 1 is 1.16 bits per heavy atom. The van der Waals surface area contributed by atoms with Crippen molar-refractivity contribution in [1.29, 1.82) is 0 Å². The van der Waals surface area contributed by atoms with Gasteiger partial charge in [-0.1, -0.05) is 0 Å². The number of rotatable bonds is 8. The van der Waals surface area contributed by atoms with E-state index < -0.39 is 17.7 Å². The normalized spacial score (nSPS) is 12.0. The molecule has 0 aliphatic carbocycles. The molecule has 1 amide bonds. The highest BCUT2D eigenvalue weighted by molar-refractivity contribution is 6.09. The summed E-state index contributed by atoms with van der Waals surface area (Å²) in [6.07, 6.45) is 6.01. The fourth-order valence-electron chi connectivity index (χ4n) is 3.93. The zero-order valence-corrected chi connectivity index (χ0v) is 21.3. The lowest BCUT2D eigenvalue weighted by molar-refractivity contribution is 0.151. The molecular formula is C28H28F2N6O2. The summed E-state index contributed by atoms with van der Waals surface area (Å²) in [4.78, 5) is 22.9. The van der Waals surface area contributed by atoms with E-state index in [4.69, 9.17) is 10.5 Å². The highest BCUT2D eigenvalue weighted by atomic mass is 19.1. The lowest BCUT2D eigenvalue weighted by Gasteiger charge is -2.14. The number of carbonyl (C=O) groups excluding carboxylic acids is 1. The van der Waals surface area contributed by atoms with Gasteiger partial charge in [0.05, 0.1) is 11.9 Å². The number of nitrogens with two attached hydrogens (primary N) is 1. The molecule has 0 spiro atoms. The first-order chi connectivity index (χ1) is 18.3. The molecule has 2 aromatic heterocycles. The van der Waals surface area contributed by atoms with Gasteiger partial charge in [0.1, 0.15) is 23.9 Å². The number of allylic oxidation sites excluding steroid dienone is 1. The second kappa shape index (κ2) is 11.7. The van der Waals surface area contributed by atoms with Crippen LogP contribution >= 0.6 is 0 Å². The van der Waals surface area contributed by atoms with Crippen molar-refractivity contribution in [1.82, 2.24) is 14.3 Å². The first-order valence-corrected chi connectivity index (χ1v) is 11.8. The molecule has 4 rings (SSSR count). The molecule has 0 aliphatic heterocycles. The third-order valence-corrected chi connectivity index (χ3v) is 5.78. The van der Waals surface area contributed by atoms with E-state index in [9.17, 15) is 13.6 Å². The maximum absolute atomic E-state index is 14.7. The minimum Gasteiger partial charge on any atom is -0.448 e. The molecule has 0 radical (unpaired) electrons. The van der Waals surface area contributed by atoms with Gasteiger partial charge in [0.25, 0.3) is 0 Å². The van der Waals surface area contributed by atoms with Gasteiger partial charge in [-0.3, -0.25) is 14.7 Å². The topological polar surface area (TPSA) is 97.2 Å². The summed E-state index contributed by atoms with van der Waals surface area (Å²) in [5.74, 6) is -1.40. The number of halogens is 2. The molecule has 0 fully saturated rings. The number of imidazole rings is 1. The van der Waals surface area contributed by atoms with Gasteiger partial charge >= 0.3 is 6.09 Å². The van der Waals surface area contributed by atoms with Crippen LogP contribution in [0.2, 0.25) is 0 Å². The van der Waals surface area contributed by atoms with E-state index in [1.54, 1.807) is 37.7 Å². The fourth-order valence-corrected chi connectivity index (χ4v) is 3.93. The molecule has 2 aromatic carbocycles. The number of carbonyl (C=O) groups is 1. The van der Waals surface area contributed by atoms with Crippen molar-refractivity contribution in [2.45, 2.75) is 0 Å². The van der Waals surface area contributed by atoms with E-state index in [1.807, 2.05) is 41.7 Å². The fraction of sp³-hybridized carbons (Fsp3) is 0.179. The van der Waals surface area contributed by atoms with Crippen molar-refractivity contribution in [2.24, 2.45) is 10.7 Å². The van der Waals surface area contributed by atoms with Gasteiger partial charge in [-0.15, -0.1) is 0 Å². The number of pyridine rings is 1. The Morgan fingerprint density at radius 3 is 2.66 bits per heavy atom. The van der Waals surface area contributed by atoms with Gasteiger partial charge in [-0.2, -0.15) is 0 Å². The predicted molar refractivity (Wildman–Crippen MR) is 146 cm³/mol. The maximum Gasteiger partial charge on any atom is 0.411 e. The Hall–Kier alpha value is -4.57. The Kier molecular flexibility index (Phi) is 8.12. The highest BCUT2D eigenvalue weighted by Crippen LogP contribution is 2.33. The molecule has 3 N–H and O–H groups in total. The SMILES string of the molecule is CN=CC(=CN)c1ccn2c(-c3cc(NC(=O)OCCN(C)C)cc(-c4ccc(F)cc4F)c3)cnc2c1. The number of anilines is 1. The summed E-state index contributed by atoms with van der Waals surface area (Å²) in [5, 5.41) is 2.71. The van der Waals surface area contributed by atoms with Crippen molar-refractivity contribution in [3.63, 3.8) is 0 Å². The minimum atomic E-state index is -0.719. The molecular weight excluding hydrogens is 490 g/mol. The first-order valence-electron chi connectivity index (χ1n) is 11.8. The van der Waals surface area contributed by atoms with E-state index in [1.165, 1.54) is 18.3 Å². The van der Waals surface area contributed by atoms with Crippen molar-refractivity contribution < 1.29 is 18.3 Å². The van der Waals surface area contributed by atoms with Crippen LogP contribution in [0.15, 0.2) is 72.1 Å². The molecule has 0 unspecified atom stereocenters. The summed E-state index contributed by atoms with van der Waals surface area (Å²) >= 11 is 0. The number of nitrogens with zero attached hydrogens (tertiary/aromatic N) is 4. The van der Waals surface area contributed by atoms with E-state index in [0.29, 0.717) is 34.7 Å². The number of fused-ring (bicyclic) bond motifs is 1. The third kappa shape index (κ3) is 6.04. The molecule has 0 saturated carbocycles. The largest absolute Gasteiger partial charge is 0.448 e. The quantitative estimate of drug-likeness (QED) is 0.318. The zero-order valence-electron chi connectivity index (χ0n) is 21.3. The Labute approximate surface area is 219 Å². The Morgan fingerprint density at radius 2 is 1.95 bits per heavy atom. The Balaban J connectivity index is 1.76. The van der Waals surface area contributed by atoms with Crippen LogP contribution in [0.25, 0.3) is 33.6 Å². The second-order valence-electron chi connectivity index (χ2n) is 8.78. The second-order valence-corrected chi connectivity index (χ2v) is 8.78. The van der Waals surface area contributed by atoms with Crippen LogP contribution in [-0.4, -0.2) is 60.9 Å². The van der Waals surface area contributed by atoms with E-state index in [2.05, 4.69) is 15.3 Å². The van der Waals surface area contributed by atoms with Crippen LogP contribution in [0.5, 0.6) is 0 Å². The van der Waals surface area contributed by atoms with E-state index >= 15 is 0 Å².